The molecule has 5 heteroatoms. The van der Waals surface area contributed by atoms with Crippen LogP contribution in [0.5, 0.6) is 0 Å². The molecule has 1 radical (unpaired) electrons. The van der Waals surface area contributed by atoms with Crippen LogP contribution >= 0.6 is 0 Å². The van der Waals surface area contributed by atoms with Gasteiger partial charge >= 0.3 is 17.1 Å². The van der Waals surface area contributed by atoms with Crippen LogP contribution in [0.1, 0.15) is 20.7 Å². The molecule has 0 amide bonds. The normalized spacial score (nSPS) is 8.42. The van der Waals surface area contributed by atoms with Crippen molar-refractivity contribution in [3.8, 4) is 0 Å². The Kier molecular flexibility index (Phi) is 9.00. The third kappa shape index (κ3) is 7.03. The van der Waals surface area contributed by atoms with Crippen molar-refractivity contribution in [2.24, 2.45) is 0 Å². The van der Waals surface area contributed by atoms with E-state index >= 15 is 0 Å². The first kappa shape index (κ1) is 17.7. The molecule has 0 bridgehead atoms. The van der Waals surface area contributed by atoms with Crippen LogP contribution in [0, 0.1) is 0 Å². The molecule has 0 aliphatic carbocycles. The Hall–Kier alpha value is -1.26. The molecule has 2 nitrogen and oxygen atoms in total. The first-order valence-electron chi connectivity index (χ1n) is 5.14. The second-order valence-electron chi connectivity index (χ2n) is 3.31. The zero-order chi connectivity index (χ0) is 13.4. The largest absolute Gasteiger partial charge is 2.00 e. The predicted molar refractivity (Wildman–Crippen MR) is 76.3 cm³/mol. The molecular weight excluding hydrogens is 328 g/mol. The Morgan fingerprint density at radius 2 is 0.895 bits per heavy atom. The quantitative estimate of drug-likeness (QED) is 0.623. The molecule has 2 rings (SSSR count). The molecule has 0 fully saturated rings. The van der Waals surface area contributed by atoms with Gasteiger partial charge in [-0.1, -0.05) is 60.7 Å². The van der Waals surface area contributed by atoms with E-state index in [9.17, 15) is 9.59 Å². The van der Waals surface area contributed by atoms with E-state index in [1.165, 1.54) is 0 Å². The second kappa shape index (κ2) is 9.64. The minimum Gasteiger partial charge on any atom is -0.737 e. The maximum Gasteiger partial charge on any atom is 2.00 e. The van der Waals surface area contributed by atoms with E-state index in [4.69, 9.17) is 0 Å². The van der Waals surface area contributed by atoms with E-state index in [1.54, 1.807) is 48.5 Å². The standard InChI is InChI=1S/2C7H6OS.Cu/c2*8-7(9)6-4-2-1-3-5-6;/h2*1-5H,(H,8,9);/q;;+2/p-2. The fourth-order valence-corrected chi connectivity index (χ4v) is 1.42. The molecule has 0 atom stereocenters. The molecule has 2 aromatic carbocycles. The van der Waals surface area contributed by atoms with Gasteiger partial charge < -0.3 is 34.8 Å². The molecule has 101 valence electrons. The summed E-state index contributed by atoms with van der Waals surface area (Å²) < 4.78 is 0. The van der Waals surface area contributed by atoms with Gasteiger partial charge in [0.15, 0.2) is 0 Å². The van der Waals surface area contributed by atoms with Gasteiger partial charge in [0.2, 0.25) is 0 Å². The summed E-state index contributed by atoms with van der Waals surface area (Å²) in [6.07, 6.45) is 0. The summed E-state index contributed by atoms with van der Waals surface area (Å²) in [5.74, 6) is 0. The molecule has 0 saturated carbocycles. The average Bonchev–Trinajstić information content (AvgIpc) is 2.41. The van der Waals surface area contributed by atoms with Crippen LogP contribution in [0.3, 0.4) is 0 Å². The molecule has 0 heterocycles. The van der Waals surface area contributed by atoms with Crippen LogP contribution in [-0.4, -0.2) is 10.2 Å². The Balaban J connectivity index is 0.000000324. The van der Waals surface area contributed by atoms with Gasteiger partial charge in [-0.15, -0.1) is 0 Å². The van der Waals surface area contributed by atoms with Gasteiger partial charge in [-0.05, 0) is 11.1 Å². The van der Waals surface area contributed by atoms with Crippen molar-refractivity contribution in [2.75, 3.05) is 0 Å². The van der Waals surface area contributed by atoms with Gasteiger partial charge in [-0.25, -0.2) is 0 Å². The van der Waals surface area contributed by atoms with Crippen LogP contribution in [0.15, 0.2) is 60.7 Å². The number of carbonyl (C=O) groups excluding carboxylic acids is 2. The molecule has 0 unspecified atom stereocenters. The summed E-state index contributed by atoms with van der Waals surface area (Å²) in [5, 5.41) is -0.591. The second-order valence-corrected chi connectivity index (χ2v) is 4.05. The molecule has 19 heavy (non-hydrogen) atoms. The molecule has 0 aliphatic heterocycles. The van der Waals surface area contributed by atoms with E-state index < -0.39 is 0 Å². The minimum absolute atomic E-state index is 0. The number of hydrogen-bond acceptors (Lipinski definition) is 4. The fourth-order valence-electron chi connectivity index (χ4n) is 1.15. The number of benzene rings is 2. The van der Waals surface area contributed by atoms with Crippen LogP contribution < -0.4 is 0 Å². The van der Waals surface area contributed by atoms with Crippen molar-refractivity contribution in [1.29, 1.82) is 0 Å². The fraction of sp³-hybridized carbons (Fsp3) is 0. The van der Waals surface area contributed by atoms with Crippen LogP contribution in [0.4, 0.5) is 0 Å². The Morgan fingerprint density at radius 3 is 1.05 bits per heavy atom. The van der Waals surface area contributed by atoms with E-state index in [0.717, 1.165) is 0 Å². The monoisotopic (exact) mass is 337 g/mol. The van der Waals surface area contributed by atoms with E-state index in [1.807, 2.05) is 12.1 Å². The predicted octanol–water partition coefficient (Wildman–Crippen LogP) is 2.74. The third-order valence-electron chi connectivity index (χ3n) is 2.02. The first-order valence-corrected chi connectivity index (χ1v) is 5.95. The SMILES string of the molecule is O=C([S-])c1ccccc1.O=C([S-])c1ccccc1.[Cu+2]. The zero-order valence-corrected chi connectivity index (χ0v) is 12.3. The first-order chi connectivity index (χ1) is 8.61. The van der Waals surface area contributed by atoms with Crippen molar-refractivity contribution in [3.05, 3.63) is 71.8 Å². The van der Waals surface area contributed by atoms with E-state index in [0.29, 0.717) is 11.1 Å². The third-order valence-corrected chi connectivity index (χ3v) is 2.49. The van der Waals surface area contributed by atoms with Gasteiger partial charge in [-0.3, -0.25) is 0 Å². The van der Waals surface area contributed by atoms with Gasteiger partial charge in [0.05, 0.1) is 0 Å². The molecule has 0 aliphatic rings. The number of rotatable bonds is 2. The maximum absolute atomic E-state index is 10.5. The van der Waals surface area contributed by atoms with Crippen molar-refractivity contribution in [2.45, 2.75) is 0 Å². The van der Waals surface area contributed by atoms with E-state index in [2.05, 4.69) is 25.3 Å². The molecule has 0 aromatic heterocycles. The van der Waals surface area contributed by atoms with Gasteiger partial charge in [-0.2, -0.15) is 0 Å². The molecular formula is C14H10CuO2S2. The Morgan fingerprint density at radius 1 is 0.632 bits per heavy atom. The van der Waals surface area contributed by atoms with Crippen molar-refractivity contribution < 1.29 is 26.7 Å². The minimum atomic E-state index is -0.296. The molecule has 0 saturated heterocycles. The maximum atomic E-state index is 10.5. The van der Waals surface area contributed by atoms with Crippen LogP contribution in [0.25, 0.3) is 0 Å². The zero-order valence-electron chi connectivity index (χ0n) is 9.71. The van der Waals surface area contributed by atoms with Gasteiger partial charge in [0, 0.05) is 10.2 Å². The summed E-state index contributed by atoms with van der Waals surface area (Å²) in [6, 6.07) is 17.7. The Labute approximate surface area is 133 Å². The number of hydrogen-bond donors (Lipinski definition) is 0. The summed E-state index contributed by atoms with van der Waals surface area (Å²) in [7, 11) is 0. The van der Waals surface area contributed by atoms with Crippen LogP contribution in [-0.2, 0) is 42.3 Å². The summed E-state index contributed by atoms with van der Waals surface area (Å²) >= 11 is 8.81. The summed E-state index contributed by atoms with van der Waals surface area (Å²) in [4.78, 5) is 20.9. The van der Waals surface area contributed by atoms with Gasteiger partial charge in [0.1, 0.15) is 0 Å². The molecule has 0 N–H and O–H groups in total. The van der Waals surface area contributed by atoms with Crippen molar-refractivity contribution in [1.82, 2.24) is 0 Å². The Bertz CT molecular complexity index is 466. The topological polar surface area (TPSA) is 34.1 Å². The van der Waals surface area contributed by atoms with Gasteiger partial charge in [0.25, 0.3) is 0 Å². The van der Waals surface area contributed by atoms with E-state index in [-0.39, 0.29) is 27.3 Å². The van der Waals surface area contributed by atoms with Crippen LogP contribution in [0.2, 0.25) is 0 Å². The summed E-state index contributed by atoms with van der Waals surface area (Å²) in [6.45, 7) is 0. The average molecular weight is 338 g/mol. The molecule has 2 aromatic rings. The van der Waals surface area contributed by atoms with Crippen molar-refractivity contribution >= 4 is 35.5 Å². The smallest absolute Gasteiger partial charge is 0.737 e. The number of carbonyl (C=O) groups is 2. The van der Waals surface area contributed by atoms with Crippen molar-refractivity contribution in [3.63, 3.8) is 0 Å². The summed E-state index contributed by atoms with van der Waals surface area (Å²) in [5.41, 5.74) is 1.18. The molecule has 0 spiro atoms.